The monoisotopic (exact) mass is 640 g/mol. The van der Waals surface area contributed by atoms with Crippen LogP contribution in [-0.4, -0.2) is 34.2 Å². The van der Waals surface area contributed by atoms with E-state index in [4.69, 9.17) is 9.98 Å². The Labute approximate surface area is 283 Å². The van der Waals surface area contributed by atoms with Crippen LogP contribution in [-0.2, 0) is 9.59 Å². The van der Waals surface area contributed by atoms with E-state index in [1.165, 1.54) is 26.3 Å². The fraction of sp³-hybridized carbons (Fsp3) is 0.238. The maximum Gasteiger partial charge on any atom is 0.165 e. The lowest BCUT2D eigenvalue weighted by Gasteiger charge is -2.22. The summed E-state index contributed by atoms with van der Waals surface area (Å²) in [5, 5.41) is 23.0. The second-order valence-electron chi connectivity index (χ2n) is 12.5. The Hall–Kier alpha value is -5.36. The Balaban J connectivity index is 1.93. The first kappa shape index (κ1) is 35.5. The Morgan fingerprint density at radius 3 is 1.10 bits per heavy atom. The molecule has 6 nitrogen and oxygen atoms in total. The van der Waals surface area contributed by atoms with Crippen molar-refractivity contribution in [3.63, 3.8) is 0 Å². The summed E-state index contributed by atoms with van der Waals surface area (Å²) in [6.45, 7) is 14.4. The molecule has 0 unspecified atom stereocenters. The van der Waals surface area contributed by atoms with Crippen LogP contribution in [0.3, 0.4) is 0 Å². The second-order valence-corrected chi connectivity index (χ2v) is 12.5. The van der Waals surface area contributed by atoms with Crippen LogP contribution in [0.4, 0.5) is 0 Å². The van der Waals surface area contributed by atoms with Gasteiger partial charge in [0.25, 0.3) is 0 Å². The predicted octanol–water partition coefficient (Wildman–Crippen LogP) is 9.58. The minimum absolute atomic E-state index is 0.0778. The van der Waals surface area contributed by atoms with E-state index >= 15 is 0 Å². The van der Waals surface area contributed by atoms with Crippen LogP contribution in [0.15, 0.2) is 106 Å². The summed E-state index contributed by atoms with van der Waals surface area (Å²) in [4.78, 5) is 35.9. The number of hydrogen-bond acceptors (Lipinski definition) is 6. The highest BCUT2D eigenvalue weighted by Gasteiger charge is 2.25. The van der Waals surface area contributed by atoms with Crippen LogP contribution in [0.25, 0.3) is 11.5 Å². The Morgan fingerprint density at radius 1 is 0.542 bits per heavy atom. The van der Waals surface area contributed by atoms with E-state index in [2.05, 4.69) is 0 Å². The molecule has 2 N–H and O–H groups in total. The van der Waals surface area contributed by atoms with Crippen molar-refractivity contribution in [2.45, 2.75) is 67.5 Å². The molecular weight excluding hydrogens is 596 g/mol. The molecule has 0 heterocycles. The lowest BCUT2D eigenvalue weighted by atomic mass is 9.93. The van der Waals surface area contributed by atoms with Gasteiger partial charge in [-0.1, -0.05) is 96.1 Å². The topological polar surface area (TPSA) is 99.3 Å². The number of aliphatic hydroxyl groups excluding tert-OH is 2. The van der Waals surface area contributed by atoms with Crippen molar-refractivity contribution in [1.82, 2.24) is 0 Å². The average Bonchev–Trinajstić information content (AvgIpc) is 3.01. The summed E-state index contributed by atoms with van der Waals surface area (Å²) in [6, 6.07) is 25.7. The SMILES string of the molecule is CC(=O)/C(C=N[C@@H](c1ccccc1)[C@@H](N=C/C(C(C)=O)=C(/O)c1c(C)cc(C)cc1C)c1ccccc1)=C(\O)c1c(C)cc(C)cc1C. The molecule has 0 saturated carbocycles. The van der Waals surface area contributed by atoms with Gasteiger partial charge in [0, 0.05) is 23.6 Å². The summed E-state index contributed by atoms with van der Waals surface area (Å²) in [5.41, 5.74) is 8.51. The highest BCUT2D eigenvalue weighted by atomic mass is 16.3. The molecule has 0 aliphatic carbocycles. The van der Waals surface area contributed by atoms with E-state index in [0.717, 1.165) is 44.5 Å². The lowest BCUT2D eigenvalue weighted by molar-refractivity contribution is -0.114. The zero-order chi connectivity index (χ0) is 35.1. The molecule has 6 heteroatoms. The van der Waals surface area contributed by atoms with Crippen LogP contribution in [0.2, 0.25) is 0 Å². The number of ketones is 2. The Bertz CT molecular complexity index is 1760. The van der Waals surface area contributed by atoms with Gasteiger partial charge >= 0.3 is 0 Å². The van der Waals surface area contributed by atoms with Crippen molar-refractivity contribution in [3.8, 4) is 0 Å². The fourth-order valence-corrected chi connectivity index (χ4v) is 6.32. The van der Waals surface area contributed by atoms with Gasteiger partial charge in [-0.2, -0.15) is 0 Å². The third-order valence-electron chi connectivity index (χ3n) is 8.41. The molecule has 0 bridgehead atoms. The van der Waals surface area contributed by atoms with Gasteiger partial charge in [0.15, 0.2) is 11.6 Å². The molecule has 4 aromatic carbocycles. The number of aryl methyl sites for hydroxylation is 6. The summed E-state index contributed by atoms with van der Waals surface area (Å²) in [7, 11) is 0. The van der Waals surface area contributed by atoms with Crippen LogP contribution < -0.4 is 0 Å². The highest BCUT2D eigenvalue weighted by Crippen LogP contribution is 2.36. The molecule has 48 heavy (non-hydrogen) atoms. The summed E-state index contributed by atoms with van der Waals surface area (Å²) in [5.74, 6) is -0.942. The van der Waals surface area contributed by atoms with Gasteiger partial charge in [0.2, 0.25) is 0 Å². The second kappa shape index (κ2) is 15.5. The number of rotatable bonds is 11. The van der Waals surface area contributed by atoms with E-state index in [9.17, 15) is 19.8 Å². The van der Waals surface area contributed by atoms with E-state index in [1.807, 2.05) is 126 Å². The van der Waals surface area contributed by atoms with Crippen LogP contribution in [0.5, 0.6) is 0 Å². The summed E-state index contributed by atoms with van der Waals surface area (Å²) < 4.78 is 0. The first-order valence-electron chi connectivity index (χ1n) is 16.0. The molecule has 246 valence electrons. The minimum atomic E-state index is -0.662. The van der Waals surface area contributed by atoms with Gasteiger partial charge in [0.1, 0.15) is 23.6 Å². The van der Waals surface area contributed by atoms with Gasteiger partial charge in [-0.25, -0.2) is 0 Å². The largest absolute Gasteiger partial charge is 0.506 e. The van der Waals surface area contributed by atoms with E-state index < -0.39 is 12.1 Å². The minimum Gasteiger partial charge on any atom is -0.506 e. The molecule has 0 amide bonds. The number of Topliss-reactive ketones (excluding diaryl/α,β-unsaturated/α-hetero) is 2. The maximum atomic E-state index is 13.0. The van der Waals surface area contributed by atoms with Crippen molar-refractivity contribution in [3.05, 3.63) is 152 Å². The van der Waals surface area contributed by atoms with Crippen molar-refractivity contribution in [1.29, 1.82) is 0 Å². The fourth-order valence-electron chi connectivity index (χ4n) is 6.32. The zero-order valence-corrected chi connectivity index (χ0v) is 29.0. The third kappa shape index (κ3) is 8.13. The normalized spacial score (nSPS) is 14.1. The number of allylic oxidation sites excluding steroid dienone is 2. The number of carbonyl (C=O) groups excluding carboxylic acids is 2. The molecule has 4 rings (SSSR count). The lowest BCUT2D eigenvalue weighted by Crippen LogP contribution is -2.12. The number of carbonyl (C=O) groups is 2. The van der Waals surface area contributed by atoms with Gasteiger partial charge in [-0.15, -0.1) is 0 Å². The number of hydrogen-bond donors (Lipinski definition) is 2. The number of nitrogens with zero attached hydrogens (tertiary/aromatic N) is 2. The molecule has 0 aliphatic heterocycles. The van der Waals surface area contributed by atoms with Crippen molar-refractivity contribution in [2.24, 2.45) is 9.98 Å². The number of benzene rings is 4. The molecule has 2 atom stereocenters. The quantitative estimate of drug-likeness (QED) is 0.0969. The van der Waals surface area contributed by atoms with Gasteiger partial charge in [-0.3, -0.25) is 19.6 Å². The van der Waals surface area contributed by atoms with Crippen molar-refractivity contribution >= 4 is 35.5 Å². The Morgan fingerprint density at radius 2 is 0.833 bits per heavy atom. The number of aliphatic hydroxyl groups is 2. The standard InChI is InChI=1S/C42H44N2O4/c1-25-19-27(3)37(28(4)20-25)41(47)35(31(7)45)23-43-39(33-15-11-9-12-16-33)40(34-17-13-10-14-18-34)44-24-36(32(8)46)42(48)38-29(5)21-26(2)22-30(38)6/h9-24,39-40,47-48H,1-8H3/b41-35-,42-36-,43-23?,44-24?/t39-,40-/m0/s1. The van der Waals surface area contributed by atoms with Crippen LogP contribution in [0.1, 0.15) is 81.6 Å². The van der Waals surface area contributed by atoms with Crippen LogP contribution >= 0.6 is 0 Å². The van der Waals surface area contributed by atoms with Crippen LogP contribution in [0, 0.1) is 41.5 Å². The molecule has 0 fully saturated rings. The summed E-state index contributed by atoms with van der Waals surface area (Å²) in [6.07, 6.45) is 2.86. The van der Waals surface area contributed by atoms with E-state index in [-0.39, 0.29) is 34.2 Å². The summed E-state index contributed by atoms with van der Waals surface area (Å²) >= 11 is 0. The average molecular weight is 641 g/mol. The first-order chi connectivity index (χ1) is 22.8. The third-order valence-corrected chi connectivity index (χ3v) is 8.41. The molecule has 4 aromatic rings. The van der Waals surface area contributed by atoms with Crippen molar-refractivity contribution < 1.29 is 19.8 Å². The van der Waals surface area contributed by atoms with Gasteiger partial charge in [-0.05, 0) is 88.8 Å². The van der Waals surface area contributed by atoms with E-state index in [1.54, 1.807) is 0 Å². The molecule has 0 saturated heterocycles. The van der Waals surface area contributed by atoms with Gasteiger partial charge < -0.3 is 10.2 Å². The molecule has 0 spiro atoms. The van der Waals surface area contributed by atoms with Crippen molar-refractivity contribution in [2.75, 3.05) is 0 Å². The molecule has 0 aromatic heterocycles. The molecule has 0 radical (unpaired) electrons. The molecular formula is C42H44N2O4. The predicted molar refractivity (Wildman–Crippen MR) is 197 cm³/mol. The maximum absolute atomic E-state index is 13.0. The molecule has 0 aliphatic rings. The van der Waals surface area contributed by atoms with E-state index in [0.29, 0.717) is 11.1 Å². The zero-order valence-electron chi connectivity index (χ0n) is 29.0. The smallest absolute Gasteiger partial charge is 0.165 e. The first-order valence-corrected chi connectivity index (χ1v) is 16.0. The van der Waals surface area contributed by atoms with Gasteiger partial charge in [0.05, 0.1) is 11.1 Å². The highest BCUT2D eigenvalue weighted by molar-refractivity contribution is 6.18. The Kier molecular flexibility index (Phi) is 11.5. The number of aliphatic imine (C=N–C) groups is 2.